The maximum Gasteiger partial charge on any atom is 0.123 e. The first-order chi connectivity index (χ1) is 9.19. The van der Waals surface area contributed by atoms with Gasteiger partial charge in [-0.3, -0.25) is 0 Å². The molecule has 0 atom stereocenters. The number of benzene rings is 2. The van der Waals surface area contributed by atoms with E-state index in [9.17, 15) is 0 Å². The van der Waals surface area contributed by atoms with Gasteiger partial charge in [0.05, 0.1) is 7.11 Å². The Kier molecular flexibility index (Phi) is 5.25. The summed E-state index contributed by atoms with van der Waals surface area (Å²) in [4.78, 5) is 0. The highest BCUT2D eigenvalue weighted by molar-refractivity contribution is 9.10. The Labute approximate surface area is 126 Å². The van der Waals surface area contributed by atoms with Crippen LogP contribution in [0.4, 0.5) is 0 Å². The van der Waals surface area contributed by atoms with Crippen molar-refractivity contribution in [3.05, 3.63) is 63.1 Å². The molecular formula is C15H15BrClNO. The quantitative estimate of drug-likeness (QED) is 0.871. The van der Waals surface area contributed by atoms with E-state index in [2.05, 4.69) is 27.3 Å². The van der Waals surface area contributed by atoms with E-state index in [0.29, 0.717) is 0 Å². The number of rotatable bonds is 5. The van der Waals surface area contributed by atoms with E-state index in [1.54, 1.807) is 7.11 Å². The minimum atomic E-state index is 0.755. The number of methoxy groups -OCH3 is 1. The number of halogens is 2. The lowest BCUT2D eigenvalue weighted by Crippen LogP contribution is -2.13. The van der Waals surface area contributed by atoms with Gasteiger partial charge in [-0.1, -0.05) is 39.7 Å². The summed E-state index contributed by atoms with van der Waals surface area (Å²) >= 11 is 9.33. The average Bonchev–Trinajstić information content (AvgIpc) is 2.41. The molecule has 0 saturated carbocycles. The second-order valence-corrected chi connectivity index (χ2v) is 5.54. The van der Waals surface area contributed by atoms with Crippen LogP contribution in [0, 0.1) is 0 Å². The first-order valence-electron chi connectivity index (χ1n) is 5.96. The van der Waals surface area contributed by atoms with Crippen LogP contribution in [0.2, 0.25) is 5.02 Å². The number of nitrogens with one attached hydrogen (secondary N) is 1. The minimum Gasteiger partial charge on any atom is -0.496 e. The van der Waals surface area contributed by atoms with Crippen molar-refractivity contribution in [2.75, 3.05) is 7.11 Å². The zero-order valence-electron chi connectivity index (χ0n) is 10.6. The van der Waals surface area contributed by atoms with Gasteiger partial charge in [0.15, 0.2) is 0 Å². The van der Waals surface area contributed by atoms with Crippen LogP contribution >= 0.6 is 27.5 Å². The van der Waals surface area contributed by atoms with Gasteiger partial charge >= 0.3 is 0 Å². The second kappa shape index (κ2) is 6.94. The van der Waals surface area contributed by atoms with E-state index >= 15 is 0 Å². The van der Waals surface area contributed by atoms with Crippen molar-refractivity contribution in [2.24, 2.45) is 0 Å². The summed E-state index contributed by atoms with van der Waals surface area (Å²) in [7, 11) is 1.69. The fourth-order valence-electron chi connectivity index (χ4n) is 1.83. The Morgan fingerprint density at radius 2 is 1.84 bits per heavy atom. The molecule has 0 aromatic heterocycles. The fraction of sp³-hybridized carbons (Fsp3) is 0.200. The molecule has 0 radical (unpaired) electrons. The van der Waals surface area contributed by atoms with E-state index in [0.717, 1.165) is 33.9 Å². The lowest BCUT2D eigenvalue weighted by atomic mass is 10.2. The van der Waals surface area contributed by atoms with Crippen molar-refractivity contribution in [3.63, 3.8) is 0 Å². The van der Waals surface area contributed by atoms with Crippen LogP contribution in [0.25, 0.3) is 0 Å². The highest BCUT2D eigenvalue weighted by Crippen LogP contribution is 2.22. The molecule has 0 heterocycles. The molecule has 100 valence electrons. The molecule has 2 aromatic carbocycles. The summed E-state index contributed by atoms with van der Waals surface area (Å²) in [6.45, 7) is 1.55. The zero-order valence-corrected chi connectivity index (χ0v) is 13.0. The smallest absolute Gasteiger partial charge is 0.123 e. The Morgan fingerprint density at radius 1 is 1.11 bits per heavy atom. The van der Waals surface area contributed by atoms with Gasteiger partial charge in [0.1, 0.15) is 5.75 Å². The molecule has 0 aliphatic carbocycles. The van der Waals surface area contributed by atoms with Gasteiger partial charge in [0, 0.05) is 28.1 Å². The Bertz CT molecular complexity index is 542. The van der Waals surface area contributed by atoms with E-state index in [-0.39, 0.29) is 0 Å². The lowest BCUT2D eigenvalue weighted by Gasteiger charge is -2.10. The Morgan fingerprint density at radius 3 is 2.53 bits per heavy atom. The summed E-state index contributed by atoms with van der Waals surface area (Å²) in [6, 6.07) is 13.8. The molecule has 2 rings (SSSR count). The number of hydrogen-bond acceptors (Lipinski definition) is 2. The molecule has 0 aliphatic heterocycles. The van der Waals surface area contributed by atoms with E-state index < -0.39 is 0 Å². The van der Waals surface area contributed by atoms with Gasteiger partial charge in [0.25, 0.3) is 0 Å². The van der Waals surface area contributed by atoms with Crippen molar-refractivity contribution in [2.45, 2.75) is 13.1 Å². The van der Waals surface area contributed by atoms with Crippen LogP contribution in [0.5, 0.6) is 5.75 Å². The van der Waals surface area contributed by atoms with Gasteiger partial charge in [-0.2, -0.15) is 0 Å². The normalized spacial score (nSPS) is 10.5. The number of hydrogen-bond donors (Lipinski definition) is 1. The van der Waals surface area contributed by atoms with Crippen LogP contribution in [-0.2, 0) is 13.1 Å². The molecule has 0 spiro atoms. The summed E-state index contributed by atoms with van der Waals surface area (Å²) < 4.78 is 6.39. The fourth-order valence-corrected chi connectivity index (χ4v) is 2.36. The molecule has 0 aliphatic rings. The topological polar surface area (TPSA) is 21.3 Å². The van der Waals surface area contributed by atoms with Crippen LogP contribution in [0.1, 0.15) is 11.1 Å². The summed E-state index contributed by atoms with van der Waals surface area (Å²) in [5, 5.41) is 4.16. The first kappa shape index (κ1) is 14.4. The Balaban J connectivity index is 1.95. The zero-order chi connectivity index (χ0) is 13.7. The van der Waals surface area contributed by atoms with Gasteiger partial charge < -0.3 is 10.1 Å². The third-order valence-electron chi connectivity index (χ3n) is 2.80. The lowest BCUT2D eigenvalue weighted by molar-refractivity contribution is 0.407. The largest absolute Gasteiger partial charge is 0.496 e. The molecule has 0 amide bonds. The number of ether oxygens (including phenoxy) is 1. The highest BCUT2D eigenvalue weighted by atomic mass is 79.9. The maximum atomic E-state index is 5.86. The van der Waals surface area contributed by atoms with Gasteiger partial charge in [0.2, 0.25) is 0 Å². The van der Waals surface area contributed by atoms with E-state index in [1.165, 1.54) is 5.56 Å². The third-order valence-corrected chi connectivity index (χ3v) is 3.55. The minimum absolute atomic E-state index is 0.755. The van der Waals surface area contributed by atoms with Crippen LogP contribution < -0.4 is 10.1 Å². The van der Waals surface area contributed by atoms with Crippen molar-refractivity contribution in [1.29, 1.82) is 0 Å². The van der Waals surface area contributed by atoms with Gasteiger partial charge in [-0.05, 0) is 35.9 Å². The average molecular weight is 341 g/mol. The monoisotopic (exact) mass is 339 g/mol. The molecular weight excluding hydrogens is 326 g/mol. The van der Waals surface area contributed by atoms with E-state index in [1.807, 2.05) is 36.4 Å². The molecule has 4 heteroatoms. The van der Waals surface area contributed by atoms with Crippen molar-refractivity contribution in [1.82, 2.24) is 5.32 Å². The molecule has 19 heavy (non-hydrogen) atoms. The van der Waals surface area contributed by atoms with Gasteiger partial charge in [-0.25, -0.2) is 0 Å². The molecule has 2 nitrogen and oxygen atoms in total. The second-order valence-electron chi connectivity index (χ2n) is 4.19. The Hall–Kier alpha value is -1.03. The summed E-state index contributed by atoms with van der Waals surface area (Å²) in [5.74, 6) is 0.895. The van der Waals surface area contributed by atoms with Crippen molar-refractivity contribution in [3.8, 4) is 5.75 Å². The molecule has 0 unspecified atom stereocenters. The summed E-state index contributed by atoms with van der Waals surface area (Å²) in [5.41, 5.74) is 2.34. The van der Waals surface area contributed by atoms with Crippen molar-refractivity contribution < 1.29 is 4.74 Å². The molecule has 0 bridgehead atoms. The van der Waals surface area contributed by atoms with Crippen LogP contribution in [-0.4, -0.2) is 7.11 Å². The standard InChI is InChI=1S/C15H15BrClNO/c1-19-15-7-4-13(16)8-12(15)10-18-9-11-2-5-14(17)6-3-11/h2-8,18H,9-10H2,1H3. The van der Waals surface area contributed by atoms with Gasteiger partial charge in [-0.15, -0.1) is 0 Å². The maximum absolute atomic E-state index is 5.86. The summed E-state index contributed by atoms with van der Waals surface area (Å²) in [6.07, 6.45) is 0. The van der Waals surface area contributed by atoms with Crippen LogP contribution in [0.15, 0.2) is 46.9 Å². The molecule has 2 aromatic rings. The third kappa shape index (κ3) is 4.23. The SMILES string of the molecule is COc1ccc(Br)cc1CNCc1ccc(Cl)cc1. The van der Waals surface area contributed by atoms with Crippen molar-refractivity contribution >= 4 is 27.5 Å². The molecule has 1 N–H and O–H groups in total. The predicted octanol–water partition coefficient (Wildman–Crippen LogP) is 4.40. The first-order valence-corrected chi connectivity index (χ1v) is 7.13. The van der Waals surface area contributed by atoms with E-state index in [4.69, 9.17) is 16.3 Å². The predicted molar refractivity (Wildman–Crippen MR) is 82.7 cm³/mol. The highest BCUT2D eigenvalue weighted by Gasteiger charge is 2.03. The molecule has 0 fully saturated rings. The molecule has 0 saturated heterocycles. The van der Waals surface area contributed by atoms with Crippen LogP contribution in [0.3, 0.4) is 0 Å².